The Bertz CT molecular complexity index is 1380. The summed E-state index contributed by atoms with van der Waals surface area (Å²) in [5.74, 6) is -0.645. The highest BCUT2D eigenvalue weighted by molar-refractivity contribution is 5.94. The number of carbonyl (C=O) groups excluding carboxylic acids is 1. The number of nitrogens with one attached hydrogen (secondary N) is 1. The summed E-state index contributed by atoms with van der Waals surface area (Å²) in [7, 11) is 0. The zero-order valence-corrected chi connectivity index (χ0v) is 16.9. The zero-order chi connectivity index (χ0) is 21.9. The number of hydrogen-bond donors (Lipinski definition) is 1. The van der Waals surface area contributed by atoms with Gasteiger partial charge in [0.2, 0.25) is 0 Å². The largest absolute Gasteiger partial charge is 0.345 e. The van der Waals surface area contributed by atoms with Gasteiger partial charge >= 0.3 is 0 Å². The topological polar surface area (TPSA) is 72.2 Å². The maximum atomic E-state index is 13.4. The summed E-state index contributed by atoms with van der Waals surface area (Å²) >= 11 is 0. The molecule has 0 saturated heterocycles. The van der Waals surface area contributed by atoms with E-state index in [1.807, 2.05) is 54.6 Å². The van der Waals surface area contributed by atoms with E-state index in [0.29, 0.717) is 28.3 Å². The third-order valence-electron chi connectivity index (χ3n) is 5.03. The van der Waals surface area contributed by atoms with Crippen molar-refractivity contribution in [3.63, 3.8) is 0 Å². The second-order valence-electron chi connectivity index (χ2n) is 7.20. The molecule has 0 bridgehead atoms. The third-order valence-corrected chi connectivity index (χ3v) is 5.03. The van der Waals surface area contributed by atoms with Gasteiger partial charge in [0.15, 0.2) is 5.65 Å². The van der Waals surface area contributed by atoms with E-state index in [1.165, 1.54) is 16.6 Å². The number of benzene rings is 2. The molecule has 0 aliphatic rings. The van der Waals surface area contributed by atoms with Gasteiger partial charge in [-0.25, -0.2) is 13.9 Å². The van der Waals surface area contributed by atoms with Crippen LogP contribution in [0.4, 0.5) is 4.39 Å². The van der Waals surface area contributed by atoms with Crippen LogP contribution in [-0.4, -0.2) is 25.5 Å². The van der Waals surface area contributed by atoms with Crippen molar-refractivity contribution in [3.05, 3.63) is 108 Å². The molecule has 0 radical (unpaired) electrons. The van der Waals surface area contributed by atoms with Crippen LogP contribution < -0.4 is 5.32 Å². The van der Waals surface area contributed by atoms with Crippen LogP contribution in [0.1, 0.15) is 16.2 Å². The molecule has 0 unspecified atom stereocenters. The van der Waals surface area contributed by atoms with Gasteiger partial charge in [0, 0.05) is 23.4 Å². The van der Waals surface area contributed by atoms with Crippen molar-refractivity contribution < 1.29 is 9.18 Å². The van der Waals surface area contributed by atoms with Crippen LogP contribution in [0.15, 0.2) is 91.1 Å². The van der Waals surface area contributed by atoms with Crippen LogP contribution in [0.5, 0.6) is 0 Å². The fourth-order valence-electron chi connectivity index (χ4n) is 3.42. The Morgan fingerprint density at radius 3 is 2.38 bits per heavy atom. The number of pyridine rings is 1. The quantitative estimate of drug-likeness (QED) is 0.451. The van der Waals surface area contributed by atoms with Gasteiger partial charge in [0.1, 0.15) is 11.5 Å². The SMILES string of the molecule is O=C(NCc1ccccn1)c1cc(-c2ccc(F)cc2)nc2cc(-c3ccccc3)nn12. The molecule has 0 aliphatic heterocycles. The van der Waals surface area contributed by atoms with Crippen LogP contribution in [-0.2, 0) is 6.54 Å². The maximum Gasteiger partial charge on any atom is 0.270 e. The number of amides is 1. The van der Waals surface area contributed by atoms with Crippen molar-refractivity contribution >= 4 is 11.6 Å². The zero-order valence-electron chi connectivity index (χ0n) is 16.9. The van der Waals surface area contributed by atoms with Crippen LogP contribution in [0.3, 0.4) is 0 Å². The molecule has 3 heterocycles. The lowest BCUT2D eigenvalue weighted by molar-refractivity contribution is 0.0943. The van der Waals surface area contributed by atoms with Crippen LogP contribution >= 0.6 is 0 Å². The van der Waals surface area contributed by atoms with Crippen molar-refractivity contribution in [1.82, 2.24) is 24.9 Å². The maximum absolute atomic E-state index is 13.4. The summed E-state index contributed by atoms with van der Waals surface area (Å²) < 4.78 is 14.9. The van der Waals surface area contributed by atoms with Crippen molar-refractivity contribution in [2.45, 2.75) is 6.54 Å². The summed E-state index contributed by atoms with van der Waals surface area (Å²) in [6.45, 7) is 0.280. The monoisotopic (exact) mass is 423 g/mol. The van der Waals surface area contributed by atoms with E-state index in [2.05, 4.69) is 20.4 Å². The number of nitrogens with zero attached hydrogens (tertiary/aromatic N) is 4. The van der Waals surface area contributed by atoms with Gasteiger partial charge in [-0.05, 0) is 42.5 Å². The van der Waals surface area contributed by atoms with Gasteiger partial charge in [-0.2, -0.15) is 5.10 Å². The molecule has 1 N–H and O–H groups in total. The highest BCUT2D eigenvalue weighted by atomic mass is 19.1. The minimum absolute atomic E-state index is 0.280. The number of hydrogen-bond acceptors (Lipinski definition) is 4. The number of rotatable bonds is 5. The number of aromatic nitrogens is 4. The molecule has 32 heavy (non-hydrogen) atoms. The number of carbonyl (C=O) groups is 1. The van der Waals surface area contributed by atoms with Gasteiger partial charge in [-0.15, -0.1) is 0 Å². The average Bonchev–Trinajstić information content (AvgIpc) is 3.28. The molecule has 5 aromatic rings. The second kappa shape index (κ2) is 8.39. The Balaban J connectivity index is 1.58. The lowest BCUT2D eigenvalue weighted by atomic mass is 10.1. The highest BCUT2D eigenvalue weighted by Crippen LogP contribution is 2.24. The van der Waals surface area contributed by atoms with E-state index in [-0.39, 0.29) is 18.3 Å². The Labute approximate surface area is 183 Å². The normalized spacial score (nSPS) is 10.9. The first-order valence-corrected chi connectivity index (χ1v) is 10.1. The van der Waals surface area contributed by atoms with Gasteiger partial charge in [-0.1, -0.05) is 36.4 Å². The highest BCUT2D eigenvalue weighted by Gasteiger charge is 2.17. The van der Waals surface area contributed by atoms with Crippen molar-refractivity contribution in [2.24, 2.45) is 0 Å². The molecule has 0 aliphatic carbocycles. The van der Waals surface area contributed by atoms with E-state index in [9.17, 15) is 9.18 Å². The molecule has 0 atom stereocenters. The van der Waals surface area contributed by atoms with Crippen LogP contribution in [0, 0.1) is 5.82 Å². The summed E-state index contributed by atoms with van der Waals surface area (Å²) in [4.78, 5) is 22.0. The lowest BCUT2D eigenvalue weighted by Gasteiger charge is -2.09. The third kappa shape index (κ3) is 3.96. The van der Waals surface area contributed by atoms with E-state index in [4.69, 9.17) is 0 Å². The summed E-state index contributed by atoms with van der Waals surface area (Å²) in [5.41, 5.74) is 4.47. The van der Waals surface area contributed by atoms with Gasteiger partial charge < -0.3 is 5.32 Å². The Morgan fingerprint density at radius 1 is 0.875 bits per heavy atom. The number of halogens is 1. The van der Waals surface area contributed by atoms with E-state index in [1.54, 1.807) is 24.4 Å². The molecule has 156 valence electrons. The van der Waals surface area contributed by atoms with Crippen molar-refractivity contribution in [3.8, 4) is 22.5 Å². The van der Waals surface area contributed by atoms with Gasteiger partial charge in [0.05, 0.1) is 23.6 Å². The lowest BCUT2D eigenvalue weighted by Crippen LogP contribution is -2.26. The standard InChI is InChI=1S/C25H18FN5O/c26-19-11-9-18(10-12-19)21-14-23(25(32)28-16-20-8-4-5-13-27-20)31-24(29-21)15-22(30-31)17-6-2-1-3-7-17/h1-15H,16H2,(H,28,32). The molecule has 2 aromatic carbocycles. The molecule has 7 heteroatoms. The summed E-state index contributed by atoms with van der Waals surface area (Å²) in [5, 5.41) is 7.52. The number of fused-ring (bicyclic) bond motifs is 1. The summed E-state index contributed by atoms with van der Waals surface area (Å²) in [6.07, 6.45) is 1.68. The predicted molar refractivity (Wildman–Crippen MR) is 119 cm³/mol. The molecule has 0 saturated carbocycles. The fraction of sp³-hybridized carbons (Fsp3) is 0.0400. The van der Waals surface area contributed by atoms with E-state index >= 15 is 0 Å². The van der Waals surface area contributed by atoms with E-state index in [0.717, 1.165) is 11.3 Å². The first-order chi connectivity index (χ1) is 15.7. The van der Waals surface area contributed by atoms with Crippen LogP contribution in [0.2, 0.25) is 0 Å². The van der Waals surface area contributed by atoms with Crippen molar-refractivity contribution in [1.29, 1.82) is 0 Å². The van der Waals surface area contributed by atoms with Gasteiger partial charge in [0.25, 0.3) is 5.91 Å². The van der Waals surface area contributed by atoms with Crippen LogP contribution in [0.25, 0.3) is 28.2 Å². The molecule has 3 aromatic heterocycles. The van der Waals surface area contributed by atoms with E-state index < -0.39 is 0 Å². The molecular weight excluding hydrogens is 405 g/mol. The second-order valence-corrected chi connectivity index (χ2v) is 7.20. The van der Waals surface area contributed by atoms with Gasteiger partial charge in [-0.3, -0.25) is 9.78 Å². The predicted octanol–water partition coefficient (Wildman–Crippen LogP) is 4.53. The first kappa shape index (κ1) is 19.6. The average molecular weight is 423 g/mol. The van der Waals surface area contributed by atoms with Crippen molar-refractivity contribution in [2.75, 3.05) is 0 Å². The molecule has 0 fully saturated rings. The smallest absolute Gasteiger partial charge is 0.270 e. The Kier molecular flexibility index (Phi) is 5.13. The minimum Gasteiger partial charge on any atom is -0.345 e. The fourth-order valence-corrected chi connectivity index (χ4v) is 3.42. The molecule has 5 rings (SSSR count). The Hall–Kier alpha value is -4.39. The molecule has 1 amide bonds. The molecule has 0 spiro atoms. The Morgan fingerprint density at radius 2 is 1.62 bits per heavy atom. The minimum atomic E-state index is -0.334. The molecular formula is C25H18FN5O. The first-order valence-electron chi connectivity index (χ1n) is 10.1. The summed E-state index contributed by atoms with van der Waals surface area (Å²) in [6, 6.07) is 24.7. The molecule has 6 nitrogen and oxygen atoms in total.